The van der Waals surface area contributed by atoms with Gasteiger partial charge in [-0.2, -0.15) is 0 Å². The van der Waals surface area contributed by atoms with Crippen LogP contribution in [0.2, 0.25) is 5.02 Å². The highest BCUT2D eigenvalue weighted by molar-refractivity contribution is 6.33. The van der Waals surface area contributed by atoms with Crippen molar-refractivity contribution in [3.05, 3.63) is 107 Å². The summed E-state index contributed by atoms with van der Waals surface area (Å²) in [6.45, 7) is 1.86. The second-order valence-corrected chi connectivity index (χ2v) is 8.77. The number of amides is 1. The molecule has 35 heavy (non-hydrogen) atoms. The van der Waals surface area contributed by atoms with Crippen molar-refractivity contribution >= 4 is 39.3 Å². The number of nitrogens with one attached hydrogen (secondary N) is 1. The number of fused-ring (bicyclic) bond motifs is 2. The molecule has 1 aromatic heterocycles. The molecule has 1 heterocycles. The Hall–Kier alpha value is -3.83. The van der Waals surface area contributed by atoms with E-state index in [-0.39, 0.29) is 5.91 Å². The first-order valence-corrected chi connectivity index (χ1v) is 12.2. The number of benzene rings is 4. The highest BCUT2D eigenvalue weighted by Crippen LogP contribution is 2.21. The number of carbonyl (C=O) groups is 1. The minimum absolute atomic E-state index is 0.179. The lowest BCUT2D eigenvalue weighted by Gasteiger charge is -2.12. The van der Waals surface area contributed by atoms with Gasteiger partial charge in [0.25, 0.3) is 5.91 Å². The van der Waals surface area contributed by atoms with Crippen molar-refractivity contribution in [3.63, 3.8) is 0 Å². The molecule has 0 fully saturated rings. The Balaban J connectivity index is 1.21. The van der Waals surface area contributed by atoms with Crippen LogP contribution < -0.4 is 10.1 Å². The minimum Gasteiger partial charge on any atom is -0.494 e. The number of para-hydroxylation sites is 2. The molecule has 5 rings (SSSR count). The lowest BCUT2D eigenvalue weighted by molar-refractivity contribution is 0.0954. The maximum atomic E-state index is 12.5. The maximum absolute atomic E-state index is 12.5. The summed E-state index contributed by atoms with van der Waals surface area (Å²) in [6, 6.07) is 29.6. The number of aryl methyl sites for hydroxylation is 1. The van der Waals surface area contributed by atoms with Crippen LogP contribution in [0, 0.1) is 0 Å². The molecule has 4 aromatic carbocycles. The van der Waals surface area contributed by atoms with Gasteiger partial charge in [0.1, 0.15) is 11.6 Å². The van der Waals surface area contributed by atoms with E-state index in [2.05, 4.69) is 40.2 Å². The molecule has 0 aliphatic carbocycles. The van der Waals surface area contributed by atoms with Crippen LogP contribution in [0.3, 0.4) is 0 Å². The molecule has 1 N–H and O–H groups in total. The van der Waals surface area contributed by atoms with Gasteiger partial charge in [-0.1, -0.05) is 66.2 Å². The number of nitrogens with zero attached hydrogens (tertiary/aromatic N) is 2. The average Bonchev–Trinajstić information content (AvgIpc) is 3.24. The van der Waals surface area contributed by atoms with Crippen molar-refractivity contribution in [1.82, 2.24) is 14.9 Å². The highest BCUT2D eigenvalue weighted by atomic mass is 35.5. The van der Waals surface area contributed by atoms with Gasteiger partial charge in [-0.25, -0.2) is 4.98 Å². The quantitative estimate of drug-likeness (QED) is 0.251. The predicted octanol–water partition coefficient (Wildman–Crippen LogP) is 6.28. The van der Waals surface area contributed by atoms with E-state index in [1.54, 1.807) is 18.2 Å². The second-order valence-electron chi connectivity index (χ2n) is 8.37. The number of aromatic nitrogens is 2. The third-order valence-electron chi connectivity index (χ3n) is 6.00. The highest BCUT2D eigenvalue weighted by Gasteiger charge is 2.13. The standard InChI is InChI=1S/C29H26ClN3O2/c30-25-11-4-3-10-24(25)29(34)31-17-16-28-32-26-12-5-6-13-27(26)33(28)18-7-19-35-23-15-14-21-8-1-2-9-22(21)20-23/h1-6,8-15,20H,7,16-19H2,(H,31,34). The molecule has 0 atom stereocenters. The monoisotopic (exact) mass is 483 g/mol. The topological polar surface area (TPSA) is 56.2 Å². The third-order valence-corrected chi connectivity index (χ3v) is 6.33. The van der Waals surface area contributed by atoms with Gasteiger partial charge in [0.15, 0.2) is 0 Å². The van der Waals surface area contributed by atoms with E-state index in [0.29, 0.717) is 30.2 Å². The minimum atomic E-state index is -0.179. The molecule has 5 aromatic rings. The molecule has 0 unspecified atom stereocenters. The van der Waals surface area contributed by atoms with Crippen LogP contribution in [0.1, 0.15) is 22.6 Å². The smallest absolute Gasteiger partial charge is 0.252 e. The molecular weight excluding hydrogens is 458 g/mol. The van der Waals surface area contributed by atoms with Gasteiger partial charge in [0.2, 0.25) is 0 Å². The van der Waals surface area contributed by atoms with Crippen molar-refractivity contribution in [2.75, 3.05) is 13.2 Å². The van der Waals surface area contributed by atoms with E-state index in [1.165, 1.54) is 10.8 Å². The molecule has 1 amide bonds. The lowest BCUT2D eigenvalue weighted by Crippen LogP contribution is -2.26. The van der Waals surface area contributed by atoms with Gasteiger partial charge >= 0.3 is 0 Å². The molecule has 176 valence electrons. The third kappa shape index (κ3) is 5.31. The summed E-state index contributed by atoms with van der Waals surface area (Å²) in [5.41, 5.74) is 2.52. The van der Waals surface area contributed by atoms with Crippen molar-refractivity contribution in [2.45, 2.75) is 19.4 Å². The molecule has 5 nitrogen and oxygen atoms in total. The predicted molar refractivity (Wildman–Crippen MR) is 141 cm³/mol. The fourth-order valence-corrected chi connectivity index (χ4v) is 4.49. The Kier molecular flexibility index (Phi) is 6.96. The summed E-state index contributed by atoms with van der Waals surface area (Å²) in [5, 5.41) is 5.79. The number of rotatable bonds is 9. The van der Waals surface area contributed by atoms with Crippen molar-refractivity contribution in [1.29, 1.82) is 0 Å². The average molecular weight is 484 g/mol. The van der Waals surface area contributed by atoms with E-state index in [1.807, 2.05) is 42.5 Å². The van der Waals surface area contributed by atoms with Crippen LogP contribution in [0.5, 0.6) is 5.75 Å². The van der Waals surface area contributed by atoms with E-state index < -0.39 is 0 Å². The van der Waals surface area contributed by atoms with Gasteiger partial charge in [0.05, 0.1) is 28.2 Å². The summed E-state index contributed by atoms with van der Waals surface area (Å²) in [6.07, 6.45) is 1.46. The first-order valence-electron chi connectivity index (χ1n) is 11.8. The van der Waals surface area contributed by atoms with E-state index in [0.717, 1.165) is 35.6 Å². The summed E-state index contributed by atoms with van der Waals surface area (Å²) in [7, 11) is 0. The Labute approximate surface area is 209 Å². The van der Waals surface area contributed by atoms with E-state index in [4.69, 9.17) is 21.3 Å². The van der Waals surface area contributed by atoms with Gasteiger partial charge in [-0.3, -0.25) is 4.79 Å². The zero-order valence-corrected chi connectivity index (χ0v) is 20.0. The van der Waals surface area contributed by atoms with Crippen LogP contribution in [-0.4, -0.2) is 28.6 Å². The fourth-order valence-electron chi connectivity index (χ4n) is 4.26. The van der Waals surface area contributed by atoms with Crippen LogP contribution in [0.15, 0.2) is 91.0 Å². The van der Waals surface area contributed by atoms with Crippen LogP contribution in [0.25, 0.3) is 21.8 Å². The number of carbonyl (C=O) groups excluding carboxylic acids is 1. The Morgan fingerprint density at radius 2 is 1.69 bits per heavy atom. The zero-order valence-electron chi connectivity index (χ0n) is 19.3. The maximum Gasteiger partial charge on any atom is 0.252 e. The number of halogens is 1. The SMILES string of the molecule is O=C(NCCc1nc2ccccc2n1CCCOc1ccc2ccccc2c1)c1ccccc1Cl. The fraction of sp³-hybridized carbons (Fsp3) is 0.172. The van der Waals surface area contributed by atoms with Crippen LogP contribution in [-0.2, 0) is 13.0 Å². The van der Waals surface area contributed by atoms with Crippen molar-refractivity contribution in [3.8, 4) is 5.75 Å². The van der Waals surface area contributed by atoms with Crippen LogP contribution >= 0.6 is 11.6 Å². The Morgan fingerprint density at radius 1 is 0.914 bits per heavy atom. The number of hydrogen-bond acceptors (Lipinski definition) is 3. The number of ether oxygens (including phenoxy) is 1. The van der Waals surface area contributed by atoms with Crippen molar-refractivity contribution in [2.24, 2.45) is 0 Å². The largest absolute Gasteiger partial charge is 0.494 e. The molecule has 0 spiro atoms. The van der Waals surface area contributed by atoms with Crippen molar-refractivity contribution < 1.29 is 9.53 Å². The van der Waals surface area contributed by atoms with E-state index in [9.17, 15) is 4.79 Å². The second kappa shape index (κ2) is 10.6. The molecular formula is C29H26ClN3O2. The van der Waals surface area contributed by atoms with Crippen LogP contribution in [0.4, 0.5) is 0 Å². The summed E-state index contributed by atoms with van der Waals surface area (Å²) >= 11 is 6.15. The Bertz CT molecular complexity index is 1480. The molecule has 6 heteroatoms. The first kappa shape index (κ1) is 22.9. The Morgan fingerprint density at radius 3 is 2.57 bits per heavy atom. The van der Waals surface area contributed by atoms with Gasteiger partial charge < -0.3 is 14.6 Å². The molecule has 0 saturated heterocycles. The normalized spacial score (nSPS) is 11.1. The van der Waals surface area contributed by atoms with E-state index >= 15 is 0 Å². The number of hydrogen-bond donors (Lipinski definition) is 1. The molecule has 0 bridgehead atoms. The van der Waals surface area contributed by atoms with Gasteiger partial charge in [-0.05, 0) is 53.6 Å². The molecule has 0 aliphatic rings. The summed E-state index contributed by atoms with van der Waals surface area (Å²) < 4.78 is 8.26. The first-order chi connectivity index (χ1) is 17.2. The van der Waals surface area contributed by atoms with Gasteiger partial charge in [-0.15, -0.1) is 0 Å². The molecule has 0 saturated carbocycles. The number of imidazole rings is 1. The molecule has 0 radical (unpaired) electrons. The molecule has 0 aliphatic heterocycles. The summed E-state index contributed by atoms with van der Waals surface area (Å²) in [4.78, 5) is 17.3. The zero-order chi connectivity index (χ0) is 24.0. The van der Waals surface area contributed by atoms with Gasteiger partial charge in [0, 0.05) is 19.5 Å². The lowest BCUT2D eigenvalue weighted by atomic mass is 10.1. The summed E-state index contributed by atoms with van der Waals surface area (Å²) in [5.74, 6) is 1.64.